The number of rotatable bonds is 5. The van der Waals surface area contributed by atoms with E-state index in [1.165, 1.54) is 18.2 Å². The third kappa shape index (κ3) is 3.48. The van der Waals surface area contributed by atoms with Crippen LogP contribution in [0.4, 0.5) is 8.78 Å². The van der Waals surface area contributed by atoms with Gasteiger partial charge in [0.2, 0.25) is 5.91 Å². The van der Waals surface area contributed by atoms with Gasteiger partial charge >= 0.3 is 0 Å². The van der Waals surface area contributed by atoms with E-state index in [-0.39, 0.29) is 12.1 Å². The van der Waals surface area contributed by atoms with E-state index >= 15 is 0 Å². The van der Waals surface area contributed by atoms with Crippen LogP contribution in [0.25, 0.3) is 0 Å². The van der Waals surface area contributed by atoms with Crippen molar-refractivity contribution < 1.29 is 18.7 Å². The number of carbonyl (C=O) groups excluding carboxylic acids is 1. The Bertz CT molecular complexity index is 404. The van der Waals surface area contributed by atoms with Crippen LogP contribution in [0.3, 0.4) is 0 Å². The van der Waals surface area contributed by atoms with Gasteiger partial charge in [-0.05, 0) is 26.2 Å². The van der Waals surface area contributed by atoms with Crippen LogP contribution >= 0.6 is 0 Å². The second-order valence-corrected chi connectivity index (χ2v) is 4.08. The van der Waals surface area contributed by atoms with Crippen molar-refractivity contribution in [3.8, 4) is 0 Å². The molecule has 0 fully saturated rings. The third-order valence-electron chi connectivity index (χ3n) is 2.59. The van der Waals surface area contributed by atoms with Gasteiger partial charge in [-0.2, -0.15) is 0 Å². The Labute approximate surface area is 104 Å². The van der Waals surface area contributed by atoms with Crippen LogP contribution in [-0.2, 0) is 4.79 Å². The van der Waals surface area contributed by atoms with E-state index in [4.69, 9.17) is 5.11 Å². The van der Waals surface area contributed by atoms with E-state index in [0.29, 0.717) is 0 Å². The summed E-state index contributed by atoms with van der Waals surface area (Å²) >= 11 is 0. The van der Waals surface area contributed by atoms with E-state index in [9.17, 15) is 13.6 Å². The van der Waals surface area contributed by atoms with Gasteiger partial charge in [0.15, 0.2) is 0 Å². The predicted octanol–water partition coefficient (Wildman–Crippen LogP) is 0.676. The number of benzene rings is 1. The highest BCUT2D eigenvalue weighted by atomic mass is 19.1. The Morgan fingerprint density at radius 2 is 1.94 bits per heavy atom. The molecule has 1 unspecified atom stereocenters. The number of hydrogen-bond donors (Lipinski definition) is 2. The molecule has 0 heterocycles. The van der Waals surface area contributed by atoms with Gasteiger partial charge in [-0.25, -0.2) is 8.78 Å². The average Bonchev–Trinajstić information content (AvgIpc) is 2.31. The molecule has 0 aliphatic rings. The lowest BCUT2D eigenvalue weighted by molar-refractivity contribution is -0.124. The zero-order valence-electron chi connectivity index (χ0n) is 10.3. The molecule has 18 heavy (non-hydrogen) atoms. The maximum Gasteiger partial charge on any atom is 0.245 e. The molecular formula is C12H16F2N2O2. The summed E-state index contributed by atoms with van der Waals surface area (Å²) in [6, 6.07) is 2.99. The highest BCUT2D eigenvalue weighted by Gasteiger charge is 2.22. The molecule has 100 valence electrons. The minimum atomic E-state index is -0.660. The topological polar surface area (TPSA) is 52.6 Å². The lowest BCUT2D eigenvalue weighted by Gasteiger charge is -2.25. The highest BCUT2D eigenvalue weighted by molar-refractivity contribution is 5.76. The average molecular weight is 258 g/mol. The van der Waals surface area contributed by atoms with Gasteiger partial charge in [-0.1, -0.05) is 6.07 Å². The molecule has 0 bridgehead atoms. The van der Waals surface area contributed by atoms with Gasteiger partial charge in [0.25, 0.3) is 0 Å². The van der Waals surface area contributed by atoms with E-state index in [2.05, 4.69) is 5.32 Å². The molecule has 0 aliphatic heterocycles. The lowest BCUT2D eigenvalue weighted by Crippen LogP contribution is -2.36. The summed E-state index contributed by atoms with van der Waals surface area (Å²) in [7, 11) is 3.31. The first-order valence-electron chi connectivity index (χ1n) is 5.45. The summed E-state index contributed by atoms with van der Waals surface area (Å²) in [4.78, 5) is 12.6. The monoisotopic (exact) mass is 258 g/mol. The molecular weight excluding hydrogens is 242 g/mol. The van der Waals surface area contributed by atoms with Crippen molar-refractivity contribution in [2.24, 2.45) is 0 Å². The number of aliphatic hydroxyl groups is 1. The van der Waals surface area contributed by atoms with Crippen molar-refractivity contribution >= 4 is 5.91 Å². The number of amides is 1. The minimum Gasteiger partial charge on any atom is -0.387 e. The zero-order chi connectivity index (χ0) is 13.7. The van der Waals surface area contributed by atoms with E-state index in [1.807, 2.05) is 0 Å². The molecule has 0 aliphatic carbocycles. The molecule has 1 rings (SSSR count). The van der Waals surface area contributed by atoms with Crippen LogP contribution in [0.2, 0.25) is 0 Å². The Morgan fingerprint density at radius 3 is 2.39 bits per heavy atom. The number of hydrogen-bond acceptors (Lipinski definition) is 3. The summed E-state index contributed by atoms with van der Waals surface area (Å²) in [6.45, 7) is -0.635. The minimum absolute atomic E-state index is 0.0181. The molecule has 6 heteroatoms. The Hall–Kier alpha value is -1.53. The van der Waals surface area contributed by atoms with Crippen LogP contribution in [-0.4, -0.2) is 43.2 Å². The van der Waals surface area contributed by atoms with Crippen molar-refractivity contribution in [2.75, 3.05) is 27.2 Å². The van der Waals surface area contributed by atoms with Gasteiger partial charge in [0, 0.05) is 12.1 Å². The standard InChI is InChI=1S/C12H16F2N2O2/c1-16(2)10(6-15-11(18)7-17)12-8(13)4-3-5-9(12)14/h3-5,10,17H,6-7H2,1-2H3,(H,15,18). The second-order valence-electron chi connectivity index (χ2n) is 4.08. The maximum atomic E-state index is 13.6. The first-order valence-corrected chi connectivity index (χ1v) is 5.45. The summed E-state index contributed by atoms with van der Waals surface area (Å²) in [6.07, 6.45) is 0. The van der Waals surface area contributed by atoms with Crippen LogP contribution in [0, 0.1) is 11.6 Å². The second kappa shape index (κ2) is 6.42. The molecule has 0 saturated heterocycles. The number of nitrogens with zero attached hydrogens (tertiary/aromatic N) is 1. The fourth-order valence-electron chi connectivity index (χ4n) is 1.64. The molecule has 0 spiro atoms. The highest BCUT2D eigenvalue weighted by Crippen LogP contribution is 2.23. The maximum absolute atomic E-state index is 13.6. The first-order chi connectivity index (χ1) is 8.47. The molecule has 4 nitrogen and oxygen atoms in total. The molecule has 1 aromatic rings. The SMILES string of the molecule is CN(C)C(CNC(=O)CO)c1c(F)cccc1F. The van der Waals surface area contributed by atoms with E-state index in [0.717, 1.165) is 0 Å². The smallest absolute Gasteiger partial charge is 0.245 e. The fraction of sp³-hybridized carbons (Fsp3) is 0.417. The van der Waals surface area contributed by atoms with E-state index in [1.54, 1.807) is 19.0 Å². The van der Waals surface area contributed by atoms with Crippen LogP contribution in [0.15, 0.2) is 18.2 Å². The van der Waals surface area contributed by atoms with Crippen LogP contribution in [0.1, 0.15) is 11.6 Å². The predicted molar refractivity (Wildman–Crippen MR) is 62.9 cm³/mol. The summed E-state index contributed by atoms with van der Waals surface area (Å²) in [5.41, 5.74) is -0.0965. The number of carbonyl (C=O) groups is 1. The Kier molecular flexibility index (Phi) is 5.18. The largest absolute Gasteiger partial charge is 0.387 e. The van der Waals surface area contributed by atoms with Crippen LogP contribution < -0.4 is 5.32 Å². The van der Waals surface area contributed by atoms with Gasteiger partial charge in [0.1, 0.15) is 18.2 Å². The number of likely N-dealkylation sites (N-methyl/N-ethyl adjacent to an activating group) is 1. The summed E-state index contributed by atoms with van der Waals surface area (Å²) in [5, 5.41) is 11.0. The number of halogens is 2. The van der Waals surface area contributed by atoms with Gasteiger partial charge in [-0.3, -0.25) is 4.79 Å². The first kappa shape index (κ1) is 14.5. The van der Waals surface area contributed by atoms with Crippen molar-refractivity contribution in [2.45, 2.75) is 6.04 Å². The van der Waals surface area contributed by atoms with E-state index < -0.39 is 30.2 Å². The van der Waals surface area contributed by atoms with Gasteiger partial charge in [0.05, 0.1) is 6.04 Å². The number of aliphatic hydroxyl groups excluding tert-OH is 1. The Balaban J connectivity index is 2.94. The lowest BCUT2D eigenvalue weighted by atomic mass is 10.0. The molecule has 0 aromatic heterocycles. The Morgan fingerprint density at radius 1 is 1.39 bits per heavy atom. The molecule has 1 atom stereocenters. The molecule has 0 radical (unpaired) electrons. The van der Waals surface area contributed by atoms with Crippen molar-refractivity contribution in [1.29, 1.82) is 0 Å². The summed E-state index contributed by atoms with van der Waals surface area (Å²) in [5.74, 6) is -1.91. The normalized spacial score (nSPS) is 12.6. The van der Waals surface area contributed by atoms with Crippen molar-refractivity contribution in [3.63, 3.8) is 0 Å². The molecule has 1 aromatic carbocycles. The quantitative estimate of drug-likeness (QED) is 0.816. The van der Waals surface area contributed by atoms with Crippen molar-refractivity contribution in [1.82, 2.24) is 10.2 Å². The fourth-order valence-corrected chi connectivity index (χ4v) is 1.64. The number of nitrogens with one attached hydrogen (secondary N) is 1. The third-order valence-corrected chi connectivity index (χ3v) is 2.59. The van der Waals surface area contributed by atoms with Gasteiger partial charge in [-0.15, -0.1) is 0 Å². The summed E-state index contributed by atoms with van der Waals surface area (Å²) < 4.78 is 27.3. The molecule has 1 amide bonds. The van der Waals surface area contributed by atoms with Crippen LogP contribution in [0.5, 0.6) is 0 Å². The molecule has 2 N–H and O–H groups in total. The molecule has 0 saturated carbocycles. The van der Waals surface area contributed by atoms with Crippen molar-refractivity contribution in [3.05, 3.63) is 35.4 Å². The zero-order valence-corrected chi connectivity index (χ0v) is 10.3. The van der Waals surface area contributed by atoms with Gasteiger partial charge < -0.3 is 15.3 Å².